The quantitative estimate of drug-likeness (QED) is 0.179. The van der Waals surface area contributed by atoms with E-state index < -0.39 is 12.0 Å². The Morgan fingerprint density at radius 1 is 0.857 bits per heavy atom. The van der Waals surface area contributed by atoms with E-state index in [1.165, 1.54) is 24.3 Å². The molecular formula is C30H34F3N5O3Si. The second kappa shape index (κ2) is 12.1. The zero-order valence-electron chi connectivity index (χ0n) is 24.6. The standard InChI is InChI=1S/C30H34F3N5O3Si/c1-19-17-38(18-34-19)24-13-10-22(16-25(24)39-7)36-27-15-20(29(5,6)41-42-28(2,3)4)14-26(37-27)35-21-8-11-23(12-9-21)40-30(31,32)33/h8-18H,1-7H3,(H2,35,36,37). The normalized spacial score (nSPS) is 12.2. The van der Waals surface area contributed by atoms with Crippen molar-refractivity contribution in [3.05, 3.63) is 78.4 Å². The first-order valence-electron chi connectivity index (χ1n) is 13.2. The highest BCUT2D eigenvalue weighted by Gasteiger charge is 2.31. The number of aryl methyl sites for hydroxylation is 1. The van der Waals surface area contributed by atoms with Crippen molar-refractivity contribution in [2.45, 2.75) is 58.5 Å². The molecule has 0 spiro atoms. The fraction of sp³-hybridized carbons (Fsp3) is 0.333. The first kappa shape index (κ1) is 30.9. The Bertz CT molecular complexity index is 1520. The van der Waals surface area contributed by atoms with Crippen molar-refractivity contribution < 1.29 is 27.1 Å². The summed E-state index contributed by atoms with van der Waals surface area (Å²) >= 11 is 0. The molecule has 4 rings (SSSR count). The predicted octanol–water partition coefficient (Wildman–Crippen LogP) is 8.06. The smallest absolute Gasteiger partial charge is 0.494 e. The number of hydrogen-bond donors (Lipinski definition) is 2. The van der Waals surface area contributed by atoms with Gasteiger partial charge in [0.1, 0.15) is 23.1 Å². The topological polar surface area (TPSA) is 82.5 Å². The molecule has 8 nitrogen and oxygen atoms in total. The summed E-state index contributed by atoms with van der Waals surface area (Å²) < 4.78 is 55.6. The van der Waals surface area contributed by atoms with E-state index in [9.17, 15) is 13.2 Å². The van der Waals surface area contributed by atoms with E-state index in [4.69, 9.17) is 14.1 Å². The maximum absolute atomic E-state index is 12.6. The molecule has 0 aliphatic heterocycles. The number of rotatable bonds is 10. The van der Waals surface area contributed by atoms with Crippen LogP contribution in [-0.2, 0) is 10.0 Å². The van der Waals surface area contributed by atoms with Gasteiger partial charge < -0.3 is 29.1 Å². The van der Waals surface area contributed by atoms with Gasteiger partial charge in [-0.05, 0) is 79.9 Å². The summed E-state index contributed by atoms with van der Waals surface area (Å²) in [6.07, 6.45) is -1.12. The number of anilines is 4. The number of nitrogens with zero attached hydrogens (tertiary/aromatic N) is 3. The molecule has 42 heavy (non-hydrogen) atoms. The number of ether oxygens (including phenoxy) is 2. The number of nitrogens with one attached hydrogen (secondary N) is 2. The average molecular weight is 598 g/mol. The Hall–Kier alpha value is -4.03. The molecule has 0 fully saturated rings. The third-order valence-corrected chi connectivity index (χ3v) is 7.16. The molecule has 4 aromatic rings. The van der Waals surface area contributed by atoms with Crippen LogP contribution in [0.1, 0.15) is 45.9 Å². The first-order valence-corrected chi connectivity index (χ1v) is 14.1. The van der Waals surface area contributed by atoms with Crippen molar-refractivity contribution in [1.29, 1.82) is 0 Å². The second-order valence-corrected chi connectivity index (χ2v) is 13.1. The number of halogens is 3. The van der Waals surface area contributed by atoms with Gasteiger partial charge in [-0.2, -0.15) is 0 Å². The minimum atomic E-state index is -4.76. The van der Waals surface area contributed by atoms with Crippen molar-refractivity contribution in [3.63, 3.8) is 0 Å². The van der Waals surface area contributed by atoms with E-state index in [0.29, 0.717) is 23.1 Å². The van der Waals surface area contributed by atoms with Crippen LogP contribution in [-0.4, -0.2) is 37.8 Å². The van der Waals surface area contributed by atoms with Crippen LogP contribution < -0.4 is 20.1 Å². The van der Waals surface area contributed by atoms with Crippen LogP contribution in [0.5, 0.6) is 11.5 Å². The fourth-order valence-corrected chi connectivity index (χ4v) is 4.58. The summed E-state index contributed by atoms with van der Waals surface area (Å²) in [4.78, 5) is 9.02. The fourth-order valence-electron chi connectivity index (χ4n) is 3.90. The maximum Gasteiger partial charge on any atom is 0.573 e. The zero-order valence-corrected chi connectivity index (χ0v) is 25.6. The molecular weight excluding hydrogens is 563 g/mol. The second-order valence-electron chi connectivity index (χ2n) is 11.2. The molecule has 2 heterocycles. The van der Waals surface area contributed by atoms with Gasteiger partial charge >= 0.3 is 6.36 Å². The van der Waals surface area contributed by atoms with Crippen molar-refractivity contribution in [2.24, 2.45) is 0 Å². The van der Waals surface area contributed by atoms with Gasteiger partial charge in [0.2, 0.25) is 9.76 Å². The largest absolute Gasteiger partial charge is 0.573 e. The van der Waals surface area contributed by atoms with Crippen LogP contribution >= 0.6 is 0 Å². The molecule has 0 unspecified atom stereocenters. The first-order chi connectivity index (χ1) is 19.6. The SMILES string of the molecule is COc1cc(Nc2cc(C(C)(C)O[Si]C(C)(C)C)cc(Nc3ccc(OC(F)(F)F)cc3)n2)ccc1-n1cnc(C)c1. The van der Waals surface area contributed by atoms with Gasteiger partial charge in [-0.3, -0.25) is 0 Å². The van der Waals surface area contributed by atoms with E-state index in [-0.39, 0.29) is 20.6 Å². The molecule has 0 saturated carbocycles. The molecule has 2 aromatic heterocycles. The highest BCUT2D eigenvalue weighted by atomic mass is 28.2. The summed E-state index contributed by atoms with van der Waals surface area (Å²) in [5.74, 6) is 1.35. The molecule has 222 valence electrons. The Kier molecular flexibility index (Phi) is 8.88. The van der Waals surface area contributed by atoms with E-state index in [1.54, 1.807) is 13.4 Å². The Morgan fingerprint density at radius 2 is 1.48 bits per heavy atom. The van der Waals surface area contributed by atoms with Gasteiger partial charge in [0.15, 0.2) is 0 Å². The van der Waals surface area contributed by atoms with Crippen LogP contribution in [0.2, 0.25) is 5.04 Å². The number of benzene rings is 2. The number of methoxy groups -OCH3 is 1. The molecule has 0 amide bonds. The van der Waals surface area contributed by atoms with E-state index >= 15 is 0 Å². The number of alkyl halides is 3. The van der Waals surface area contributed by atoms with Crippen molar-refractivity contribution >= 4 is 32.8 Å². The number of pyridine rings is 1. The van der Waals surface area contributed by atoms with Gasteiger partial charge in [-0.15, -0.1) is 13.2 Å². The lowest BCUT2D eigenvalue weighted by molar-refractivity contribution is -0.274. The predicted molar refractivity (Wildman–Crippen MR) is 158 cm³/mol. The van der Waals surface area contributed by atoms with E-state index in [0.717, 1.165) is 22.6 Å². The molecule has 0 bridgehead atoms. The summed E-state index contributed by atoms with van der Waals surface area (Å²) in [6.45, 7) is 12.2. The van der Waals surface area contributed by atoms with Crippen LogP contribution in [0.15, 0.2) is 67.1 Å². The summed E-state index contributed by atoms with van der Waals surface area (Å²) in [6, 6.07) is 15.0. The Labute approximate surface area is 246 Å². The van der Waals surface area contributed by atoms with Gasteiger partial charge in [-0.1, -0.05) is 20.8 Å². The zero-order chi connectivity index (χ0) is 30.7. The van der Waals surface area contributed by atoms with Crippen molar-refractivity contribution in [2.75, 3.05) is 17.7 Å². The van der Waals surface area contributed by atoms with Gasteiger partial charge in [0, 0.05) is 23.6 Å². The van der Waals surface area contributed by atoms with Crippen LogP contribution in [0.3, 0.4) is 0 Å². The molecule has 0 saturated heterocycles. The Balaban J connectivity index is 1.65. The molecule has 2 radical (unpaired) electrons. The van der Waals surface area contributed by atoms with Crippen LogP contribution in [0.4, 0.5) is 36.2 Å². The third-order valence-electron chi connectivity index (χ3n) is 5.94. The third kappa shape index (κ3) is 8.49. The Morgan fingerprint density at radius 3 is 2.02 bits per heavy atom. The minimum Gasteiger partial charge on any atom is -0.494 e. The summed E-state index contributed by atoms with van der Waals surface area (Å²) in [5.41, 5.74) is 3.20. The lowest BCUT2D eigenvalue weighted by Gasteiger charge is -2.30. The lowest BCUT2D eigenvalue weighted by Crippen LogP contribution is -2.28. The van der Waals surface area contributed by atoms with Crippen LogP contribution in [0, 0.1) is 6.92 Å². The molecule has 12 heteroatoms. The number of hydrogen-bond acceptors (Lipinski definition) is 7. The highest BCUT2D eigenvalue weighted by Crippen LogP contribution is 2.34. The molecule has 0 aliphatic carbocycles. The van der Waals surface area contributed by atoms with E-state index in [1.807, 2.05) is 61.9 Å². The molecule has 2 aromatic carbocycles. The van der Waals surface area contributed by atoms with Gasteiger partial charge in [0.05, 0.1) is 30.4 Å². The maximum atomic E-state index is 12.6. The van der Waals surface area contributed by atoms with Crippen LogP contribution in [0.25, 0.3) is 5.69 Å². The summed E-state index contributed by atoms with van der Waals surface area (Å²) in [5, 5.41) is 6.52. The minimum absolute atomic E-state index is 0.0151. The van der Waals surface area contributed by atoms with Crippen molar-refractivity contribution in [3.8, 4) is 17.2 Å². The lowest BCUT2D eigenvalue weighted by atomic mass is 9.99. The molecule has 2 N–H and O–H groups in total. The monoisotopic (exact) mass is 597 g/mol. The van der Waals surface area contributed by atoms with Crippen molar-refractivity contribution in [1.82, 2.24) is 14.5 Å². The summed E-state index contributed by atoms with van der Waals surface area (Å²) in [7, 11) is 1.85. The molecule has 0 aliphatic rings. The van der Waals surface area contributed by atoms with Gasteiger partial charge in [0.25, 0.3) is 0 Å². The highest BCUT2D eigenvalue weighted by molar-refractivity contribution is 6.31. The van der Waals surface area contributed by atoms with Gasteiger partial charge in [-0.25, -0.2) is 9.97 Å². The number of aromatic nitrogens is 3. The molecule has 0 atom stereocenters. The number of imidazole rings is 1. The van der Waals surface area contributed by atoms with E-state index in [2.05, 4.69) is 41.1 Å². The average Bonchev–Trinajstić information content (AvgIpc) is 3.33.